The molecule has 30 heavy (non-hydrogen) atoms. The first-order valence-electron chi connectivity index (χ1n) is 9.61. The molecule has 0 aromatic heterocycles. The van der Waals surface area contributed by atoms with Gasteiger partial charge in [-0.05, 0) is 43.4 Å². The molecule has 0 saturated heterocycles. The molecular formula is C23H29F2NO4. The number of hydrogen-bond acceptors (Lipinski definition) is 3. The van der Waals surface area contributed by atoms with Crippen LogP contribution in [-0.4, -0.2) is 42.5 Å². The number of hydrogen-bond donors (Lipinski definition) is 0. The van der Waals surface area contributed by atoms with Gasteiger partial charge in [-0.15, -0.1) is 0 Å². The van der Waals surface area contributed by atoms with Crippen molar-refractivity contribution in [3.63, 3.8) is 0 Å². The van der Waals surface area contributed by atoms with E-state index < -0.39 is 23.9 Å². The highest BCUT2D eigenvalue weighted by molar-refractivity contribution is 6.15. The van der Waals surface area contributed by atoms with Crippen LogP contribution in [0.25, 0.3) is 0 Å². The molecule has 1 aliphatic heterocycles. The third-order valence-corrected chi connectivity index (χ3v) is 5.57. The number of halogens is 2. The van der Waals surface area contributed by atoms with Gasteiger partial charge in [-0.1, -0.05) is 48.4 Å². The number of para-hydroxylation sites is 1. The van der Waals surface area contributed by atoms with Gasteiger partial charge in [-0.2, -0.15) is 0 Å². The van der Waals surface area contributed by atoms with Crippen LogP contribution in [0.15, 0.2) is 48.5 Å². The van der Waals surface area contributed by atoms with Crippen LogP contribution in [0.2, 0.25) is 0 Å². The van der Waals surface area contributed by atoms with Crippen LogP contribution < -0.4 is 4.90 Å². The van der Waals surface area contributed by atoms with Gasteiger partial charge in [0, 0.05) is 24.8 Å². The molecule has 0 spiro atoms. The highest BCUT2D eigenvalue weighted by Crippen LogP contribution is 2.36. The van der Waals surface area contributed by atoms with Gasteiger partial charge in [0.05, 0.1) is 0 Å². The van der Waals surface area contributed by atoms with Gasteiger partial charge < -0.3 is 15.9 Å². The lowest BCUT2D eigenvalue weighted by atomic mass is 9.80. The summed E-state index contributed by atoms with van der Waals surface area (Å²) >= 11 is 0. The van der Waals surface area contributed by atoms with Crippen molar-refractivity contribution in [3.8, 4) is 0 Å². The van der Waals surface area contributed by atoms with E-state index in [0.29, 0.717) is 11.3 Å². The van der Waals surface area contributed by atoms with Crippen LogP contribution in [-0.2, 0) is 4.79 Å². The molecule has 0 bridgehead atoms. The fourth-order valence-electron chi connectivity index (χ4n) is 3.61. The van der Waals surface area contributed by atoms with E-state index in [4.69, 9.17) is 0 Å². The molecule has 164 valence electrons. The van der Waals surface area contributed by atoms with Gasteiger partial charge in [0.15, 0.2) is 5.78 Å². The molecule has 1 heterocycles. The molecule has 0 amide bonds. The molecule has 2 aliphatic rings. The number of aryl methyl sites for hydroxylation is 1. The Morgan fingerprint density at radius 1 is 1.03 bits per heavy atom. The van der Waals surface area contributed by atoms with E-state index >= 15 is 0 Å². The molecular weight excluding hydrogens is 392 g/mol. The molecule has 1 fully saturated rings. The van der Waals surface area contributed by atoms with Crippen LogP contribution >= 0.6 is 0 Å². The van der Waals surface area contributed by atoms with Crippen molar-refractivity contribution < 1.29 is 29.3 Å². The standard InChI is InChI=1S/C12H11F2NO2.C11H14.2H2O/c1-15-6-8(11(17)12(13)14)10(16)7-4-2-3-5-9(7)15;1-9-5-7-11(8-6-9)10-3-2-4-10;;/h2-5,8,12H,6H2,1H3;5-8,10H,2-4H2,1H3;2*1H2. The van der Waals surface area contributed by atoms with Crippen molar-refractivity contribution in [2.45, 2.75) is 38.5 Å². The molecule has 1 atom stereocenters. The largest absolute Gasteiger partial charge is 0.412 e. The zero-order valence-electron chi connectivity index (χ0n) is 17.2. The van der Waals surface area contributed by atoms with Crippen LogP contribution in [0.5, 0.6) is 0 Å². The second-order valence-corrected chi connectivity index (χ2v) is 7.56. The quantitative estimate of drug-likeness (QED) is 0.710. The normalized spacial score (nSPS) is 17.6. The Kier molecular flexibility index (Phi) is 9.26. The molecule has 5 nitrogen and oxygen atoms in total. The fraction of sp³-hybridized carbons (Fsp3) is 0.391. The second-order valence-electron chi connectivity index (χ2n) is 7.56. The van der Waals surface area contributed by atoms with Crippen LogP contribution in [0, 0.1) is 12.8 Å². The Hall–Kier alpha value is -2.64. The zero-order chi connectivity index (χ0) is 20.3. The van der Waals surface area contributed by atoms with Gasteiger partial charge in [0.1, 0.15) is 5.92 Å². The number of benzene rings is 2. The first-order chi connectivity index (χ1) is 13.4. The van der Waals surface area contributed by atoms with E-state index in [1.807, 2.05) is 0 Å². The Labute approximate surface area is 175 Å². The minimum Gasteiger partial charge on any atom is -0.412 e. The van der Waals surface area contributed by atoms with Crippen LogP contribution in [0.1, 0.15) is 46.7 Å². The minimum atomic E-state index is -3.09. The van der Waals surface area contributed by atoms with Crippen molar-refractivity contribution in [2.75, 3.05) is 18.5 Å². The number of fused-ring (bicyclic) bond motifs is 1. The smallest absolute Gasteiger partial charge is 0.296 e. The van der Waals surface area contributed by atoms with E-state index in [-0.39, 0.29) is 17.5 Å². The molecule has 1 saturated carbocycles. The Morgan fingerprint density at radius 3 is 2.17 bits per heavy atom. The molecule has 7 heteroatoms. The third-order valence-electron chi connectivity index (χ3n) is 5.57. The van der Waals surface area contributed by atoms with E-state index in [1.54, 1.807) is 41.8 Å². The maximum absolute atomic E-state index is 12.4. The van der Waals surface area contributed by atoms with Crippen LogP contribution in [0.4, 0.5) is 14.5 Å². The molecule has 1 aliphatic carbocycles. The number of ketones is 2. The van der Waals surface area contributed by atoms with Crippen molar-refractivity contribution in [1.29, 1.82) is 0 Å². The minimum absolute atomic E-state index is 0. The highest BCUT2D eigenvalue weighted by atomic mass is 19.3. The molecule has 2 aromatic carbocycles. The second kappa shape index (κ2) is 10.9. The van der Waals surface area contributed by atoms with E-state index in [0.717, 1.165) is 5.92 Å². The molecule has 0 radical (unpaired) electrons. The van der Waals surface area contributed by atoms with Gasteiger partial charge in [0.2, 0.25) is 5.78 Å². The Bertz CT molecular complexity index is 851. The zero-order valence-corrected chi connectivity index (χ0v) is 17.2. The summed E-state index contributed by atoms with van der Waals surface area (Å²) in [7, 11) is 1.68. The summed E-state index contributed by atoms with van der Waals surface area (Å²) in [5.41, 5.74) is 3.92. The fourth-order valence-corrected chi connectivity index (χ4v) is 3.61. The number of carbonyl (C=O) groups is 2. The molecule has 1 unspecified atom stereocenters. The number of nitrogens with zero attached hydrogens (tertiary/aromatic N) is 1. The maximum Gasteiger partial charge on any atom is 0.296 e. The summed E-state index contributed by atoms with van der Waals surface area (Å²) in [5.74, 6) is -2.18. The summed E-state index contributed by atoms with van der Waals surface area (Å²) in [6, 6.07) is 15.7. The SMILES string of the molecule is CN1CC(C(=O)C(F)F)C(=O)c2ccccc21.Cc1ccc(C2CCC2)cc1.O.O. The highest BCUT2D eigenvalue weighted by Gasteiger charge is 2.38. The van der Waals surface area contributed by atoms with Crippen LogP contribution in [0.3, 0.4) is 0 Å². The molecule has 2 aromatic rings. The van der Waals surface area contributed by atoms with Crippen molar-refractivity contribution >= 4 is 17.3 Å². The van der Waals surface area contributed by atoms with Gasteiger partial charge in [-0.3, -0.25) is 9.59 Å². The van der Waals surface area contributed by atoms with Gasteiger partial charge in [0.25, 0.3) is 6.43 Å². The number of carbonyl (C=O) groups excluding carboxylic acids is 2. The van der Waals surface area contributed by atoms with Gasteiger partial charge >= 0.3 is 0 Å². The predicted molar refractivity (Wildman–Crippen MR) is 114 cm³/mol. The van der Waals surface area contributed by atoms with E-state index in [2.05, 4.69) is 31.2 Å². The summed E-state index contributed by atoms with van der Waals surface area (Å²) in [4.78, 5) is 24.8. The molecule has 4 rings (SSSR count). The number of alkyl halides is 2. The topological polar surface area (TPSA) is 100 Å². The third kappa shape index (κ3) is 5.49. The van der Waals surface area contributed by atoms with Crippen molar-refractivity contribution in [3.05, 3.63) is 65.2 Å². The van der Waals surface area contributed by atoms with E-state index in [9.17, 15) is 18.4 Å². The lowest BCUT2D eigenvalue weighted by Gasteiger charge is -2.31. The first-order valence-corrected chi connectivity index (χ1v) is 9.61. The van der Waals surface area contributed by atoms with E-state index in [1.165, 1.54) is 24.8 Å². The predicted octanol–water partition coefficient (Wildman–Crippen LogP) is 3.38. The lowest BCUT2D eigenvalue weighted by Crippen LogP contribution is -2.42. The Balaban J connectivity index is 0.000000302. The van der Waals surface area contributed by atoms with Crippen molar-refractivity contribution in [1.82, 2.24) is 0 Å². The summed E-state index contributed by atoms with van der Waals surface area (Å²) < 4.78 is 24.7. The van der Waals surface area contributed by atoms with Crippen molar-refractivity contribution in [2.24, 2.45) is 5.92 Å². The number of rotatable bonds is 3. The Morgan fingerprint density at radius 2 is 1.63 bits per heavy atom. The summed E-state index contributed by atoms with van der Waals surface area (Å²) in [6.07, 6.45) is 1.15. The average molecular weight is 421 g/mol. The number of Topliss-reactive ketones (excluding diaryl/α,β-unsaturated/α-hetero) is 2. The monoisotopic (exact) mass is 421 g/mol. The molecule has 4 N–H and O–H groups in total. The maximum atomic E-state index is 12.4. The average Bonchev–Trinajstić information content (AvgIpc) is 2.65. The van der Waals surface area contributed by atoms with Gasteiger partial charge in [-0.25, -0.2) is 8.78 Å². The first kappa shape index (κ1) is 25.4. The number of anilines is 1. The summed E-state index contributed by atoms with van der Waals surface area (Å²) in [5, 5.41) is 0. The summed E-state index contributed by atoms with van der Waals surface area (Å²) in [6.45, 7) is 2.16. The lowest BCUT2D eigenvalue weighted by molar-refractivity contribution is -0.131.